The van der Waals surface area contributed by atoms with Crippen LogP contribution in [0.5, 0.6) is 0 Å². The molecule has 0 heterocycles. The number of carbonyl (C=O) groups is 2. The van der Waals surface area contributed by atoms with Gasteiger partial charge < -0.3 is 16.0 Å². The standard InChI is InChI=1S/C21H25N3O2.ClH/c1-3-24(2)21(26)16-8-4-7-15(12-16)20(25)23-19-9-5-6-14-13-17(22)10-11-18(14)19;/h4,7-8,10-13,19H,3,5-6,9,22H2,1-2H3,(H,23,25);1H. The zero-order valence-electron chi connectivity index (χ0n) is 15.7. The molecule has 2 aromatic rings. The van der Waals surface area contributed by atoms with Crippen molar-refractivity contribution in [3.8, 4) is 0 Å². The van der Waals surface area contributed by atoms with Gasteiger partial charge in [0.05, 0.1) is 6.04 Å². The molecule has 27 heavy (non-hydrogen) atoms. The van der Waals surface area contributed by atoms with Crippen molar-refractivity contribution in [3.63, 3.8) is 0 Å². The zero-order valence-corrected chi connectivity index (χ0v) is 16.5. The number of nitrogen functional groups attached to an aromatic ring is 1. The number of benzene rings is 2. The third-order valence-corrected chi connectivity index (χ3v) is 4.98. The fourth-order valence-electron chi connectivity index (χ4n) is 3.38. The van der Waals surface area contributed by atoms with E-state index in [1.165, 1.54) is 5.56 Å². The van der Waals surface area contributed by atoms with Crippen LogP contribution in [0.1, 0.15) is 57.7 Å². The molecule has 0 radical (unpaired) electrons. The van der Waals surface area contributed by atoms with Gasteiger partial charge in [0.2, 0.25) is 0 Å². The van der Waals surface area contributed by atoms with Crippen LogP contribution in [0.25, 0.3) is 0 Å². The number of nitrogens with two attached hydrogens (primary N) is 1. The largest absolute Gasteiger partial charge is 0.399 e. The molecule has 1 aliphatic rings. The van der Waals surface area contributed by atoms with E-state index in [1.54, 1.807) is 36.2 Å². The van der Waals surface area contributed by atoms with Crippen molar-refractivity contribution in [3.05, 3.63) is 64.7 Å². The minimum absolute atomic E-state index is 0. The minimum atomic E-state index is -0.159. The maximum absolute atomic E-state index is 12.7. The van der Waals surface area contributed by atoms with Crippen LogP contribution in [-0.2, 0) is 6.42 Å². The first-order chi connectivity index (χ1) is 12.5. The molecule has 0 bridgehead atoms. The molecular formula is C21H26ClN3O2. The molecule has 0 aliphatic heterocycles. The van der Waals surface area contributed by atoms with Gasteiger partial charge in [0, 0.05) is 30.4 Å². The van der Waals surface area contributed by atoms with E-state index in [-0.39, 0.29) is 30.3 Å². The number of halogens is 1. The maximum atomic E-state index is 12.7. The monoisotopic (exact) mass is 387 g/mol. The van der Waals surface area contributed by atoms with Gasteiger partial charge in [0.15, 0.2) is 0 Å². The summed E-state index contributed by atoms with van der Waals surface area (Å²) in [4.78, 5) is 26.7. The minimum Gasteiger partial charge on any atom is -0.399 e. The van der Waals surface area contributed by atoms with Crippen molar-refractivity contribution in [2.24, 2.45) is 0 Å². The topological polar surface area (TPSA) is 75.4 Å². The molecule has 3 N–H and O–H groups in total. The van der Waals surface area contributed by atoms with Crippen molar-refractivity contribution in [1.82, 2.24) is 10.2 Å². The fourth-order valence-corrected chi connectivity index (χ4v) is 3.38. The van der Waals surface area contributed by atoms with Crippen LogP contribution in [0.15, 0.2) is 42.5 Å². The summed E-state index contributed by atoms with van der Waals surface area (Å²) in [5, 5.41) is 3.12. The molecule has 0 saturated heterocycles. The Bertz CT molecular complexity index is 838. The first-order valence-electron chi connectivity index (χ1n) is 9.04. The third kappa shape index (κ3) is 4.61. The van der Waals surface area contributed by atoms with Gasteiger partial charge in [0.1, 0.15) is 0 Å². The summed E-state index contributed by atoms with van der Waals surface area (Å²) >= 11 is 0. The number of anilines is 1. The third-order valence-electron chi connectivity index (χ3n) is 4.98. The summed E-state index contributed by atoms with van der Waals surface area (Å²) in [6.07, 6.45) is 2.90. The van der Waals surface area contributed by atoms with E-state index in [0.29, 0.717) is 17.7 Å². The number of rotatable bonds is 4. The number of nitrogens with zero attached hydrogens (tertiary/aromatic N) is 1. The van der Waals surface area contributed by atoms with Crippen molar-refractivity contribution in [2.75, 3.05) is 19.3 Å². The average Bonchev–Trinajstić information content (AvgIpc) is 2.66. The summed E-state index contributed by atoms with van der Waals surface area (Å²) < 4.78 is 0. The Morgan fingerprint density at radius 2 is 1.93 bits per heavy atom. The highest BCUT2D eigenvalue weighted by molar-refractivity contribution is 5.99. The predicted octanol–water partition coefficient (Wildman–Crippen LogP) is 3.59. The van der Waals surface area contributed by atoms with E-state index >= 15 is 0 Å². The average molecular weight is 388 g/mol. The lowest BCUT2D eigenvalue weighted by Crippen LogP contribution is -2.31. The molecule has 6 heteroatoms. The highest BCUT2D eigenvalue weighted by atomic mass is 35.5. The van der Waals surface area contributed by atoms with Gasteiger partial charge in [-0.1, -0.05) is 12.1 Å². The van der Waals surface area contributed by atoms with E-state index < -0.39 is 0 Å². The highest BCUT2D eigenvalue weighted by Crippen LogP contribution is 2.31. The number of amides is 2. The van der Waals surface area contributed by atoms with Crippen LogP contribution >= 0.6 is 12.4 Å². The quantitative estimate of drug-likeness (QED) is 0.787. The summed E-state index contributed by atoms with van der Waals surface area (Å²) in [5.41, 5.74) is 10.00. The van der Waals surface area contributed by atoms with Gasteiger partial charge >= 0.3 is 0 Å². The summed E-state index contributed by atoms with van der Waals surface area (Å²) in [7, 11) is 1.75. The van der Waals surface area contributed by atoms with E-state index in [4.69, 9.17) is 5.73 Å². The van der Waals surface area contributed by atoms with Crippen molar-refractivity contribution in [2.45, 2.75) is 32.2 Å². The second-order valence-electron chi connectivity index (χ2n) is 6.78. The lowest BCUT2D eigenvalue weighted by Gasteiger charge is -2.26. The van der Waals surface area contributed by atoms with E-state index in [0.717, 1.165) is 30.5 Å². The number of fused-ring (bicyclic) bond motifs is 1. The van der Waals surface area contributed by atoms with Gasteiger partial charge in [-0.15, -0.1) is 12.4 Å². The number of hydrogen-bond donors (Lipinski definition) is 2. The molecule has 2 amide bonds. The van der Waals surface area contributed by atoms with Crippen LogP contribution in [0, 0.1) is 0 Å². The molecule has 144 valence electrons. The second kappa shape index (κ2) is 8.91. The van der Waals surface area contributed by atoms with Gasteiger partial charge in [0.25, 0.3) is 11.8 Å². The first kappa shape index (κ1) is 20.8. The number of nitrogens with one attached hydrogen (secondary N) is 1. The van der Waals surface area contributed by atoms with Gasteiger partial charge in [-0.2, -0.15) is 0 Å². The van der Waals surface area contributed by atoms with Crippen molar-refractivity contribution < 1.29 is 9.59 Å². The van der Waals surface area contributed by atoms with E-state index in [1.807, 2.05) is 25.1 Å². The molecule has 0 spiro atoms. The Balaban J connectivity index is 0.00000261. The summed E-state index contributed by atoms with van der Waals surface area (Å²) in [5.74, 6) is -0.242. The smallest absolute Gasteiger partial charge is 0.253 e. The van der Waals surface area contributed by atoms with Gasteiger partial charge in [-0.25, -0.2) is 0 Å². The molecule has 5 nitrogen and oxygen atoms in total. The Morgan fingerprint density at radius 3 is 2.67 bits per heavy atom. The summed E-state index contributed by atoms with van der Waals surface area (Å²) in [6.45, 7) is 2.54. The van der Waals surface area contributed by atoms with Gasteiger partial charge in [-0.3, -0.25) is 9.59 Å². The van der Waals surface area contributed by atoms with Crippen LogP contribution in [0.2, 0.25) is 0 Å². The number of aryl methyl sites for hydroxylation is 1. The van der Waals surface area contributed by atoms with Crippen molar-refractivity contribution >= 4 is 29.9 Å². The van der Waals surface area contributed by atoms with Gasteiger partial charge in [-0.05, 0) is 67.6 Å². The molecule has 0 fully saturated rings. The number of hydrogen-bond acceptors (Lipinski definition) is 3. The SMILES string of the molecule is CCN(C)C(=O)c1cccc(C(=O)NC2CCCc3cc(N)ccc32)c1.Cl. The van der Waals surface area contributed by atoms with E-state index in [2.05, 4.69) is 5.32 Å². The zero-order chi connectivity index (χ0) is 18.7. The lowest BCUT2D eigenvalue weighted by atomic mass is 9.87. The molecule has 2 aromatic carbocycles. The molecule has 0 saturated carbocycles. The summed E-state index contributed by atoms with van der Waals surface area (Å²) in [6, 6.07) is 12.7. The van der Waals surface area contributed by atoms with Crippen LogP contribution in [0.4, 0.5) is 5.69 Å². The Kier molecular flexibility index (Phi) is 6.86. The van der Waals surface area contributed by atoms with Crippen LogP contribution in [0.3, 0.4) is 0 Å². The predicted molar refractivity (Wildman–Crippen MR) is 110 cm³/mol. The second-order valence-corrected chi connectivity index (χ2v) is 6.78. The Morgan fingerprint density at radius 1 is 1.19 bits per heavy atom. The fraction of sp³-hybridized carbons (Fsp3) is 0.333. The van der Waals surface area contributed by atoms with Crippen LogP contribution in [-0.4, -0.2) is 30.3 Å². The maximum Gasteiger partial charge on any atom is 0.253 e. The van der Waals surface area contributed by atoms with Crippen LogP contribution < -0.4 is 11.1 Å². The first-order valence-corrected chi connectivity index (χ1v) is 9.04. The normalized spacial score (nSPS) is 15.3. The molecule has 1 atom stereocenters. The molecule has 1 aliphatic carbocycles. The Hall–Kier alpha value is -2.53. The highest BCUT2D eigenvalue weighted by Gasteiger charge is 2.23. The lowest BCUT2D eigenvalue weighted by molar-refractivity contribution is 0.0802. The molecule has 3 rings (SSSR count). The Labute approximate surface area is 166 Å². The van der Waals surface area contributed by atoms with E-state index in [9.17, 15) is 9.59 Å². The number of carbonyl (C=O) groups excluding carboxylic acids is 2. The molecular weight excluding hydrogens is 362 g/mol. The molecule has 0 aromatic heterocycles. The molecule has 1 unspecified atom stereocenters. The van der Waals surface area contributed by atoms with Crippen molar-refractivity contribution in [1.29, 1.82) is 0 Å².